The highest BCUT2D eigenvalue weighted by Crippen LogP contribution is 2.22. The normalized spacial score (nSPS) is 20.6. The van der Waals surface area contributed by atoms with E-state index in [1.807, 2.05) is 0 Å². The van der Waals surface area contributed by atoms with E-state index in [1.54, 1.807) is 0 Å². The summed E-state index contributed by atoms with van der Waals surface area (Å²) < 4.78 is 6.00. The van der Waals surface area contributed by atoms with Gasteiger partial charge in [0.25, 0.3) is 0 Å². The van der Waals surface area contributed by atoms with Crippen LogP contribution >= 0.6 is 0 Å². The molecule has 0 saturated carbocycles. The van der Waals surface area contributed by atoms with Crippen LogP contribution in [0.15, 0.2) is 10.5 Å². The summed E-state index contributed by atoms with van der Waals surface area (Å²) in [5, 5.41) is 3.45. The Morgan fingerprint density at radius 3 is 2.89 bits per heavy atom. The molecule has 0 radical (unpaired) electrons. The van der Waals surface area contributed by atoms with E-state index in [4.69, 9.17) is 4.42 Å². The quantitative estimate of drug-likeness (QED) is 0.854. The Morgan fingerprint density at radius 2 is 2.26 bits per heavy atom. The lowest BCUT2D eigenvalue weighted by Gasteiger charge is -2.19. The SMILES string of the molecule is Cc1cc(CN2CCCC2C)oc1CNCC(C)C. The number of hydrogen-bond donors (Lipinski definition) is 1. The summed E-state index contributed by atoms with van der Waals surface area (Å²) in [7, 11) is 0. The molecule has 1 aromatic heterocycles. The van der Waals surface area contributed by atoms with Gasteiger partial charge in [-0.05, 0) is 57.3 Å². The van der Waals surface area contributed by atoms with Gasteiger partial charge in [0, 0.05) is 6.04 Å². The molecule has 108 valence electrons. The lowest BCUT2D eigenvalue weighted by Crippen LogP contribution is -2.25. The van der Waals surface area contributed by atoms with Gasteiger partial charge in [0.05, 0.1) is 13.1 Å². The van der Waals surface area contributed by atoms with Crippen LogP contribution in [0.4, 0.5) is 0 Å². The van der Waals surface area contributed by atoms with Gasteiger partial charge in [-0.2, -0.15) is 0 Å². The molecular formula is C16H28N2O. The minimum absolute atomic E-state index is 0.681. The molecule has 0 spiro atoms. The van der Waals surface area contributed by atoms with Crippen LogP contribution in [-0.4, -0.2) is 24.0 Å². The first-order valence-electron chi connectivity index (χ1n) is 7.59. The van der Waals surface area contributed by atoms with E-state index in [2.05, 4.69) is 44.0 Å². The minimum Gasteiger partial charge on any atom is -0.463 e. The van der Waals surface area contributed by atoms with Gasteiger partial charge in [-0.25, -0.2) is 0 Å². The maximum atomic E-state index is 6.00. The zero-order valence-corrected chi connectivity index (χ0v) is 12.8. The summed E-state index contributed by atoms with van der Waals surface area (Å²) >= 11 is 0. The molecule has 19 heavy (non-hydrogen) atoms. The highest BCUT2D eigenvalue weighted by Gasteiger charge is 2.21. The maximum Gasteiger partial charge on any atom is 0.120 e. The van der Waals surface area contributed by atoms with E-state index in [0.29, 0.717) is 12.0 Å². The second kappa shape index (κ2) is 6.58. The van der Waals surface area contributed by atoms with Gasteiger partial charge >= 0.3 is 0 Å². The summed E-state index contributed by atoms with van der Waals surface area (Å²) in [5.74, 6) is 2.90. The fourth-order valence-electron chi connectivity index (χ4n) is 2.75. The van der Waals surface area contributed by atoms with Gasteiger partial charge < -0.3 is 9.73 Å². The van der Waals surface area contributed by atoms with Crippen LogP contribution in [0.5, 0.6) is 0 Å². The lowest BCUT2D eigenvalue weighted by molar-refractivity contribution is 0.235. The summed E-state index contributed by atoms with van der Waals surface area (Å²) in [5.41, 5.74) is 1.28. The monoisotopic (exact) mass is 264 g/mol. The van der Waals surface area contributed by atoms with E-state index >= 15 is 0 Å². The zero-order valence-electron chi connectivity index (χ0n) is 12.8. The average Bonchev–Trinajstić information content (AvgIpc) is 2.87. The largest absolute Gasteiger partial charge is 0.463 e. The minimum atomic E-state index is 0.681. The first-order valence-corrected chi connectivity index (χ1v) is 7.59. The number of nitrogens with one attached hydrogen (secondary N) is 1. The average molecular weight is 264 g/mol. The number of hydrogen-bond acceptors (Lipinski definition) is 3. The fraction of sp³-hybridized carbons (Fsp3) is 0.750. The van der Waals surface area contributed by atoms with Gasteiger partial charge in [0.1, 0.15) is 11.5 Å². The van der Waals surface area contributed by atoms with Gasteiger partial charge in [-0.1, -0.05) is 13.8 Å². The van der Waals surface area contributed by atoms with Crippen molar-refractivity contribution in [1.29, 1.82) is 0 Å². The Balaban J connectivity index is 1.88. The lowest BCUT2D eigenvalue weighted by atomic mass is 10.2. The molecule has 0 aliphatic carbocycles. The standard InChI is InChI=1S/C16H28N2O/c1-12(2)9-17-10-16-13(3)8-15(19-16)11-18-7-5-6-14(18)4/h8,12,14,17H,5-7,9-11H2,1-4H3. The van der Waals surface area contributed by atoms with E-state index < -0.39 is 0 Å². The Hall–Kier alpha value is -0.800. The van der Waals surface area contributed by atoms with Crippen LogP contribution < -0.4 is 5.32 Å². The first kappa shape index (κ1) is 14.6. The smallest absolute Gasteiger partial charge is 0.120 e. The predicted octanol–water partition coefficient (Wildman–Crippen LogP) is 3.32. The molecule has 0 bridgehead atoms. The Morgan fingerprint density at radius 1 is 1.47 bits per heavy atom. The first-order chi connectivity index (χ1) is 9.06. The molecule has 1 saturated heterocycles. The third kappa shape index (κ3) is 4.08. The second-order valence-electron chi connectivity index (χ2n) is 6.31. The van der Waals surface area contributed by atoms with Crippen LogP contribution in [0.2, 0.25) is 0 Å². The van der Waals surface area contributed by atoms with Crippen molar-refractivity contribution < 1.29 is 4.42 Å². The van der Waals surface area contributed by atoms with Gasteiger partial charge in [0.2, 0.25) is 0 Å². The van der Waals surface area contributed by atoms with Crippen molar-refractivity contribution in [3.63, 3.8) is 0 Å². The van der Waals surface area contributed by atoms with Crippen molar-refractivity contribution in [2.24, 2.45) is 5.92 Å². The van der Waals surface area contributed by atoms with Gasteiger partial charge in [0.15, 0.2) is 0 Å². The topological polar surface area (TPSA) is 28.4 Å². The molecule has 2 heterocycles. The third-order valence-electron chi connectivity index (χ3n) is 3.96. The zero-order chi connectivity index (χ0) is 13.8. The van der Waals surface area contributed by atoms with Crippen molar-refractivity contribution in [3.8, 4) is 0 Å². The number of furan rings is 1. The summed E-state index contributed by atoms with van der Waals surface area (Å²) in [6.07, 6.45) is 2.64. The van der Waals surface area contributed by atoms with Crippen molar-refractivity contribution in [1.82, 2.24) is 10.2 Å². The summed E-state index contributed by atoms with van der Waals surface area (Å²) in [6, 6.07) is 2.91. The van der Waals surface area contributed by atoms with Crippen LogP contribution in [0.3, 0.4) is 0 Å². The Labute approximate surface area is 117 Å². The highest BCUT2D eigenvalue weighted by molar-refractivity contribution is 5.20. The molecule has 0 aromatic carbocycles. The third-order valence-corrected chi connectivity index (χ3v) is 3.96. The molecule has 1 fully saturated rings. The van der Waals surface area contributed by atoms with Crippen LogP contribution in [0.25, 0.3) is 0 Å². The van der Waals surface area contributed by atoms with E-state index in [-0.39, 0.29) is 0 Å². The summed E-state index contributed by atoms with van der Waals surface area (Å²) in [6.45, 7) is 13.0. The molecule has 1 unspecified atom stereocenters. The highest BCUT2D eigenvalue weighted by atomic mass is 16.3. The number of aryl methyl sites for hydroxylation is 1. The number of rotatable bonds is 6. The molecule has 3 nitrogen and oxygen atoms in total. The molecule has 1 aliphatic rings. The number of nitrogens with zero attached hydrogens (tertiary/aromatic N) is 1. The molecule has 1 aromatic rings. The molecule has 1 aliphatic heterocycles. The summed E-state index contributed by atoms with van der Waals surface area (Å²) in [4.78, 5) is 2.52. The second-order valence-corrected chi connectivity index (χ2v) is 6.31. The van der Waals surface area contributed by atoms with Crippen LogP contribution in [0, 0.1) is 12.8 Å². The van der Waals surface area contributed by atoms with Gasteiger partial charge in [-0.15, -0.1) is 0 Å². The van der Waals surface area contributed by atoms with Crippen molar-refractivity contribution >= 4 is 0 Å². The van der Waals surface area contributed by atoms with E-state index in [9.17, 15) is 0 Å². The van der Waals surface area contributed by atoms with Gasteiger partial charge in [-0.3, -0.25) is 4.90 Å². The molecule has 1 N–H and O–H groups in total. The van der Waals surface area contributed by atoms with Crippen LogP contribution in [-0.2, 0) is 13.1 Å². The van der Waals surface area contributed by atoms with Crippen molar-refractivity contribution in [2.75, 3.05) is 13.1 Å². The Kier molecular flexibility index (Phi) is 5.06. The molecule has 1 atom stereocenters. The maximum absolute atomic E-state index is 6.00. The van der Waals surface area contributed by atoms with Crippen LogP contribution in [0.1, 0.15) is 50.7 Å². The molecule has 0 amide bonds. The molecule has 2 rings (SSSR count). The van der Waals surface area contributed by atoms with E-state index in [1.165, 1.54) is 24.9 Å². The van der Waals surface area contributed by atoms with E-state index in [0.717, 1.165) is 31.2 Å². The Bertz CT molecular complexity index is 397. The predicted molar refractivity (Wildman–Crippen MR) is 79.1 cm³/mol. The molecular weight excluding hydrogens is 236 g/mol. The van der Waals surface area contributed by atoms with Crippen molar-refractivity contribution in [2.45, 2.75) is 59.7 Å². The van der Waals surface area contributed by atoms with Crippen molar-refractivity contribution in [3.05, 3.63) is 23.2 Å². The molecule has 3 heteroatoms. The fourth-order valence-corrected chi connectivity index (χ4v) is 2.75. The number of likely N-dealkylation sites (tertiary alicyclic amines) is 1.